The summed E-state index contributed by atoms with van der Waals surface area (Å²) >= 11 is 1.86. The zero-order valence-electron chi connectivity index (χ0n) is 7.62. The van der Waals surface area contributed by atoms with Crippen molar-refractivity contribution in [2.45, 2.75) is 44.1 Å². The lowest BCUT2D eigenvalue weighted by atomic mass is 10.2. The Hall–Kier alpha value is -0.410. The van der Waals surface area contributed by atoms with E-state index in [1.807, 2.05) is 11.3 Å². The predicted molar refractivity (Wildman–Crippen MR) is 54.0 cm³/mol. The highest BCUT2D eigenvalue weighted by Crippen LogP contribution is 2.47. The Morgan fingerprint density at radius 1 is 1.23 bits per heavy atom. The number of nitrogens with two attached hydrogens (primary N) is 1. The summed E-state index contributed by atoms with van der Waals surface area (Å²) in [5.74, 6) is 1.56. The second-order valence-corrected chi connectivity index (χ2v) is 5.23. The minimum atomic E-state index is 0.691. The molecule has 1 aromatic rings. The Kier molecular flexibility index (Phi) is 1.70. The minimum absolute atomic E-state index is 0.691. The first-order chi connectivity index (χ1) is 6.38. The first-order valence-corrected chi connectivity index (χ1v) is 5.89. The van der Waals surface area contributed by atoms with E-state index in [0.717, 1.165) is 11.8 Å². The van der Waals surface area contributed by atoms with Crippen LogP contribution in [0.5, 0.6) is 0 Å². The molecule has 3 heteroatoms. The fraction of sp³-hybridized carbons (Fsp3) is 0.700. The highest BCUT2D eigenvalue weighted by Gasteiger charge is 2.33. The molecule has 0 atom stereocenters. The average molecular weight is 194 g/mol. The summed E-state index contributed by atoms with van der Waals surface area (Å²) in [7, 11) is 0. The molecule has 2 aliphatic rings. The van der Waals surface area contributed by atoms with Gasteiger partial charge in [-0.05, 0) is 25.7 Å². The van der Waals surface area contributed by atoms with E-state index >= 15 is 0 Å². The molecular weight excluding hydrogens is 180 g/mol. The van der Waals surface area contributed by atoms with Crippen LogP contribution in [-0.2, 0) is 6.54 Å². The van der Waals surface area contributed by atoms with Crippen molar-refractivity contribution in [2.75, 3.05) is 0 Å². The van der Waals surface area contributed by atoms with Gasteiger partial charge >= 0.3 is 0 Å². The molecule has 0 aromatic carbocycles. The highest BCUT2D eigenvalue weighted by atomic mass is 32.1. The Bertz CT molecular complexity index is 324. The standard InChI is InChI=1S/C10H14N2S/c11-5-8-9(6-1-2-6)12-10(13-8)7-3-4-7/h6-7H,1-5,11H2. The predicted octanol–water partition coefficient (Wildman–Crippen LogP) is 2.36. The molecule has 2 nitrogen and oxygen atoms in total. The quantitative estimate of drug-likeness (QED) is 0.802. The van der Waals surface area contributed by atoms with Crippen LogP contribution in [0.2, 0.25) is 0 Å². The largest absolute Gasteiger partial charge is 0.326 e. The Morgan fingerprint density at radius 3 is 2.46 bits per heavy atom. The van der Waals surface area contributed by atoms with Gasteiger partial charge in [-0.3, -0.25) is 0 Å². The van der Waals surface area contributed by atoms with Gasteiger partial charge in [0.15, 0.2) is 0 Å². The molecule has 2 aliphatic carbocycles. The molecule has 0 saturated heterocycles. The molecular formula is C10H14N2S. The third-order valence-corrected chi connectivity index (χ3v) is 4.08. The van der Waals surface area contributed by atoms with Crippen LogP contribution in [0, 0.1) is 0 Å². The van der Waals surface area contributed by atoms with Crippen LogP contribution in [0.4, 0.5) is 0 Å². The maximum absolute atomic E-state index is 5.72. The Balaban J connectivity index is 1.95. The molecule has 0 amide bonds. The molecule has 70 valence electrons. The molecule has 0 radical (unpaired) electrons. The monoisotopic (exact) mass is 194 g/mol. The van der Waals surface area contributed by atoms with Gasteiger partial charge in [0.2, 0.25) is 0 Å². The van der Waals surface area contributed by atoms with Crippen molar-refractivity contribution < 1.29 is 0 Å². The van der Waals surface area contributed by atoms with E-state index in [0.29, 0.717) is 6.54 Å². The highest BCUT2D eigenvalue weighted by molar-refractivity contribution is 7.11. The van der Waals surface area contributed by atoms with Crippen molar-refractivity contribution in [3.05, 3.63) is 15.6 Å². The molecule has 2 saturated carbocycles. The summed E-state index contributed by atoms with van der Waals surface area (Å²) in [5, 5.41) is 1.36. The lowest BCUT2D eigenvalue weighted by Crippen LogP contribution is -1.96. The van der Waals surface area contributed by atoms with E-state index in [1.165, 1.54) is 41.3 Å². The second-order valence-electron chi connectivity index (χ2n) is 4.11. The van der Waals surface area contributed by atoms with Crippen molar-refractivity contribution in [3.8, 4) is 0 Å². The summed E-state index contributed by atoms with van der Waals surface area (Å²) in [6, 6.07) is 0. The molecule has 0 spiro atoms. The molecule has 13 heavy (non-hydrogen) atoms. The number of rotatable bonds is 3. The lowest BCUT2D eigenvalue weighted by Gasteiger charge is -1.93. The van der Waals surface area contributed by atoms with Crippen molar-refractivity contribution in [1.29, 1.82) is 0 Å². The van der Waals surface area contributed by atoms with Gasteiger partial charge in [-0.25, -0.2) is 4.98 Å². The number of hydrogen-bond acceptors (Lipinski definition) is 3. The van der Waals surface area contributed by atoms with E-state index in [1.54, 1.807) is 0 Å². The second kappa shape index (κ2) is 2.79. The number of hydrogen-bond donors (Lipinski definition) is 1. The molecule has 1 aromatic heterocycles. The number of nitrogens with zero attached hydrogens (tertiary/aromatic N) is 1. The normalized spacial score (nSPS) is 22.2. The molecule has 3 rings (SSSR count). The van der Waals surface area contributed by atoms with Crippen LogP contribution in [0.1, 0.15) is 53.1 Å². The van der Waals surface area contributed by atoms with Gasteiger partial charge in [0.05, 0.1) is 10.7 Å². The summed E-state index contributed by atoms with van der Waals surface area (Å²) < 4.78 is 0. The van der Waals surface area contributed by atoms with E-state index in [9.17, 15) is 0 Å². The van der Waals surface area contributed by atoms with Crippen LogP contribution in [0.3, 0.4) is 0 Å². The van der Waals surface area contributed by atoms with Crippen LogP contribution < -0.4 is 5.73 Å². The fourth-order valence-electron chi connectivity index (χ4n) is 1.71. The van der Waals surface area contributed by atoms with E-state index < -0.39 is 0 Å². The molecule has 2 N–H and O–H groups in total. The molecule has 0 aliphatic heterocycles. The lowest BCUT2D eigenvalue weighted by molar-refractivity contribution is 0.949. The van der Waals surface area contributed by atoms with Gasteiger partial charge < -0.3 is 5.73 Å². The van der Waals surface area contributed by atoms with Gasteiger partial charge in [0.25, 0.3) is 0 Å². The van der Waals surface area contributed by atoms with E-state index in [-0.39, 0.29) is 0 Å². The average Bonchev–Trinajstić information content (AvgIpc) is 3.02. The summed E-state index contributed by atoms with van der Waals surface area (Å²) in [5.41, 5.74) is 7.06. The maximum Gasteiger partial charge on any atom is 0.0962 e. The number of thiazole rings is 1. The van der Waals surface area contributed by atoms with Crippen molar-refractivity contribution in [1.82, 2.24) is 4.98 Å². The minimum Gasteiger partial charge on any atom is -0.326 e. The SMILES string of the molecule is NCc1sc(C2CC2)nc1C1CC1. The third-order valence-electron chi connectivity index (χ3n) is 2.82. The van der Waals surface area contributed by atoms with Gasteiger partial charge in [-0.1, -0.05) is 0 Å². The Morgan fingerprint density at radius 2 is 1.92 bits per heavy atom. The molecule has 1 heterocycles. The van der Waals surface area contributed by atoms with Crippen molar-refractivity contribution in [3.63, 3.8) is 0 Å². The summed E-state index contributed by atoms with van der Waals surface area (Å²) in [6.07, 6.45) is 5.37. The maximum atomic E-state index is 5.72. The van der Waals surface area contributed by atoms with Gasteiger partial charge in [0, 0.05) is 23.3 Å². The topological polar surface area (TPSA) is 38.9 Å². The third kappa shape index (κ3) is 1.40. The summed E-state index contributed by atoms with van der Waals surface area (Å²) in [4.78, 5) is 6.09. The van der Waals surface area contributed by atoms with Gasteiger partial charge in [-0.2, -0.15) is 0 Å². The van der Waals surface area contributed by atoms with E-state index in [2.05, 4.69) is 0 Å². The first-order valence-electron chi connectivity index (χ1n) is 5.08. The fourth-order valence-corrected chi connectivity index (χ4v) is 2.91. The van der Waals surface area contributed by atoms with Crippen LogP contribution in [-0.4, -0.2) is 4.98 Å². The van der Waals surface area contributed by atoms with Crippen LogP contribution in [0.15, 0.2) is 0 Å². The van der Waals surface area contributed by atoms with Gasteiger partial charge in [-0.15, -0.1) is 11.3 Å². The smallest absolute Gasteiger partial charge is 0.0962 e. The molecule has 0 bridgehead atoms. The van der Waals surface area contributed by atoms with Crippen molar-refractivity contribution in [2.24, 2.45) is 5.73 Å². The first kappa shape index (κ1) is 7.94. The van der Waals surface area contributed by atoms with Crippen molar-refractivity contribution >= 4 is 11.3 Å². The van der Waals surface area contributed by atoms with Crippen LogP contribution in [0.25, 0.3) is 0 Å². The summed E-state index contributed by atoms with van der Waals surface area (Å²) in [6.45, 7) is 0.691. The molecule has 2 fully saturated rings. The molecule has 0 unspecified atom stereocenters. The van der Waals surface area contributed by atoms with E-state index in [4.69, 9.17) is 10.7 Å². The number of aromatic nitrogens is 1. The Labute approximate surface area is 82.2 Å². The zero-order chi connectivity index (χ0) is 8.84. The van der Waals surface area contributed by atoms with Gasteiger partial charge in [0.1, 0.15) is 0 Å². The zero-order valence-corrected chi connectivity index (χ0v) is 8.44. The van der Waals surface area contributed by atoms with Crippen LogP contribution >= 0.6 is 11.3 Å².